The minimum atomic E-state index is -0.563. The number of nitrogen functional groups attached to an aromatic ring is 1. The third-order valence-electron chi connectivity index (χ3n) is 6.77. The molecule has 4 aromatic heterocycles. The van der Waals surface area contributed by atoms with E-state index in [-0.39, 0.29) is 11.3 Å². The smallest absolute Gasteiger partial charge is 0.269 e. The quantitative estimate of drug-likeness (QED) is 0.301. The Morgan fingerprint density at radius 2 is 1.73 bits per heavy atom. The summed E-state index contributed by atoms with van der Waals surface area (Å²) < 4.78 is 4.16. The first kappa shape index (κ1) is 21.3. The number of pyridine rings is 2. The zero-order valence-electron chi connectivity index (χ0n) is 19.6. The van der Waals surface area contributed by atoms with E-state index in [1.807, 2.05) is 55.5 Å². The van der Waals surface area contributed by atoms with Crippen molar-refractivity contribution in [1.29, 1.82) is 5.26 Å². The molecule has 0 aliphatic carbocycles. The average molecular weight is 499 g/mol. The molecule has 0 fully saturated rings. The number of fused-ring (bicyclic) bond motifs is 5. The summed E-state index contributed by atoms with van der Waals surface area (Å²) in [7, 11) is 0. The summed E-state index contributed by atoms with van der Waals surface area (Å²) >= 11 is 1.74. The number of nitriles is 1. The van der Waals surface area contributed by atoms with E-state index in [1.165, 1.54) is 14.8 Å². The zero-order valence-corrected chi connectivity index (χ0v) is 20.4. The highest BCUT2D eigenvalue weighted by molar-refractivity contribution is 7.25. The van der Waals surface area contributed by atoms with Gasteiger partial charge in [0.05, 0.1) is 27.8 Å². The summed E-state index contributed by atoms with van der Waals surface area (Å²) in [4.78, 5) is 20.3. The van der Waals surface area contributed by atoms with Crippen molar-refractivity contribution in [3.63, 3.8) is 0 Å². The Hall–Kier alpha value is -5.00. The van der Waals surface area contributed by atoms with Crippen molar-refractivity contribution in [3.8, 4) is 22.9 Å². The second kappa shape index (κ2) is 7.75. The number of aromatic amines is 1. The van der Waals surface area contributed by atoms with Gasteiger partial charge in [0.2, 0.25) is 0 Å². The van der Waals surface area contributed by atoms with Crippen LogP contribution in [0.2, 0.25) is 0 Å². The Morgan fingerprint density at radius 3 is 2.54 bits per heavy atom. The third kappa shape index (κ3) is 3.01. The maximum atomic E-state index is 12.7. The van der Waals surface area contributed by atoms with Crippen LogP contribution in [0.5, 0.6) is 0 Å². The summed E-state index contributed by atoms with van der Waals surface area (Å²) in [5.41, 5.74) is 10.2. The Morgan fingerprint density at radius 1 is 0.973 bits per heavy atom. The number of benzene rings is 3. The van der Waals surface area contributed by atoms with Crippen LogP contribution in [0.1, 0.15) is 11.3 Å². The molecule has 0 unspecified atom stereocenters. The Labute approximate surface area is 214 Å². The Bertz CT molecular complexity index is 2150. The minimum absolute atomic E-state index is 0.118. The SMILES string of the molecule is Cc1nn(-c2ccccc2)c2nc3[nH]c(=O)c(C#N)c(N)c3c(-c3ccc4sc5ccccc5c4c3)c12. The highest BCUT2D eigenvalue weighted by atomic mass is 32.1. The molecule has 8 heteroatoms. The number of nitrogens with one attached hydrogen (secondary N) is 1. The normalized spacial score (nSPS) is 11.6. The summed E-state index contributed by atoms with van der Waals surface area (Å²) in [6.07, 6.45) is 0. The van der Waals surface area contributed by atoms with Crippen molar-refractivity contribution in [2.24, 2.45) is 0 Å². The van der Waals surface area contributed by atoms with Crippen molar-refractivity contribution in [1.82, 2.24) is 19.7 Å². The summed E-state index contributed by atoms with van der Waals surface area (Å²) in [6, 6.07) is 26.3. The van der Waals surface area contributed by atoms with E-state index >= 15 is 0 Å². The second-order valence-corrected chi connectivity index (χ2v) is 9.99. The summed E-state index contributed by atoms with van der Waals surface area (Å²) in [5.74, 6) is 0. The lowest BCUT2D eigenvalue weighted by Crippen LogP contribution is -2.15. The second-order valence-electron chi connectivity index (χ2n) is 8.91. The summed E-state index contributed by atoms with van der Waals surface area (Å²) in [5, 5.41) is 18.2. The van der Waals surface area contributed by atoms with E-state index in [9.17, 15) is 10.1 Å². The van der Waals surface area contributed by atoms with Crippen LogP contribution in [0.4, 0.5) is 5.69 Å². The van der Waals surface area contributed by atoms with Crippen LogP contribution >= 0.6 is 11.3 Å². The first-order valence-corrected chi connectivity index (χ1v) is 12.5. The number of thiophene rings is 1. The van der Waals surface area contributed by atoms with E-state index in [0.717, 1.165) is 33.3 Å². The zero-order chi connectivity index (χ0) is 25.3. The number of para-hydroxylation sites is 1. The van der Waals surface area contributed by atoms with Crippen molar-refractivity contribution >= 4 is 59.3 Å². The molecular formula is C29H18N6OS. The molecule has 0 bridgehead atoms. The number of hydrogen-bond acceptors (Lipinski definition) is 6. The van der Waals surface area contributed by atoms with Gasteiger partial charge in [-0.25, -0.2) is 9.67 Å². The molecule has 0 atom stereocenters. The molecular weight excluding hydrogens is 480 g/mol. The molecule has 0 saturated carbocycles. The molecule has 7 aromatic rings. The lowest BCUT2D eigenvalue weighted by molar-refractivity contribution is 0.878. The Kier molecular flexibility index (Phi) is 4.46. The molecule has 7 nitrogen and oxygen atoms in total. The lowest BCUT2D eigenvalue weighted by atomic mass is 9.95. The number of nitrogens with two attached hydrogens (primary N) is 1. The van der Waals surface area contributed by atoms with E-state index in [0.29, 0.717) is 16.7 Å². The third-order valence-corrected chi connectivity index (χ3v) is 7.92. The molecule has 4 heterocycles. The van der Waals surface area contributed by atoms with Gasteiger partial charge in [0.25, 0.3) is 5.56 Å². The van der Waals surface area contributed by atoms with Crippen LogP contribution in [-0.4, -0.2) is 19.7 Å². The predicted octanol–water partition coefficient (Wildman–Crippen LogP) is 6.06. The van der Waals surface area contributed by atoms with E-state index in [4.69, 9.17) is 15.8 Å². The topological polar surface area (TPSA) is 113 Å². The van der Waals surface area contributed by atoms with Crippen LogP contribution in [0, 0.1) is 18.3 Å². The standard InChI is InChI=1S/C29H18N6OS/c1-15-23-24(16-11-12-22-19(13-16)18-9-5-6-10-21(18)37-22)25-26(31)20(14-30)29(36)33-27(25)32-28(23)35(34-15)17-7-3-2-4-8-17/h2-13H,1H3,(H3,31,32,33,36). The number of H-pyrrole nitrogens is 1. The van der Waals surface area contributed by atoms with Crippen molar-refractivity contribution < 1.29 is 0 Å². The fourth-order valence-corrected chi connectivity index (χ4v) is 6.20. The van der Waals surface area contributed by atoms with Crippen molar-refractivity contribution in [3.05, 3.63) is 94.4 Å². The largest absolute Gasteiger partial charge is 0.397 e. The maximum absolute atomic E-state index is 12.7. The van der Waals surface area contributed by atoms with Crippen LogP contribution in [0.3, 0.4) is 0 Å². The van der Waals surface area contributed by atoms with E-state index in [1.54, 1.807) is 16.0 Å². The van der Waals surface area contributed by atoms with Crippen molar-refractivity contribution in [2.45, 2.75) is 6.92 Å². The fourth-order valence-electron chi connectivity index (χ4n) is 5.12. The molecule has 3 aromatic carbocycles. The molecule has 37 heavy (non-hydrogen) atoms. The van der Waals surface area contributed by atoms with Gasteiger partial charge in [-0.3, -0.25) is 4.79 Å². The number of anilines is 1. The average Bonchev–Trinajstić information content (AvgIpc) is 3.45. The molecule has 7 rings (SSSR count). The molecule has 3 N–H and O–H groups in total. The molecule has 0 aliphatic rings. The first-order valence-electron chi connectivity index (χ1n) is 11.7. The van der Waals surface area contributed by atoms with Gasteiger partial charge in [0.15, 0.2) is 5.65 Å². The Balaban J connectivity index is 1.68. The monoisotopic (exact) mass is 498 g/mol. The van der Waals surface area contributed by atoms with Crippen LogP contribution in [0.15, 0.2) is 77.6 Å². The molecule has 176 valence electrons. The number of aryl methyl sites for hydroxylation is 1. The minimum Gasteiger partial charge on any atom is -0.397 e. The van der Waals surface area contributed by atoms with Gasteiger partial charge in [-0.1, -0.05) is 42.5 Å². The molecule has 0 saturated heterocycles. The van der Waals surface area contributed by atoms with Crippen LogP contribution in [-0.2, 0) is 0 Å². The number of nitrogens with zero attached hydrogens (tertiary/aromatic N) is 4. The molecule has 0 aliphatic heterocycles. The van der Waals surface area contributed by atoms with Gasteiger partial charge in [-0.05, 0) is 42.8 Å². The first-order chi connectivity index (χ1) is 18.0. The molecule has 0 radical (unpaired) electrons. The summed E-state index contributed by atoms with van der Waals surface area (Å²) in [6.45, 7) is 1.93. The number of aromatic nitrogens is 4. The van der Waals surface area contributed by atoms with Gasteiger partial charge >= 0.3 is 0 Å². The van der Waals surface area contributed by atoms with E-state index in [2.05, 4.69) is 35.3 Å². The molecule has 0 spiro atoms. The fraction of sp³-hybridized carbons (Fsp3) is 0.0345. The van der Waals surface area contributed by atoms with Crippen LogP contribution in [0.25, 0.3) is 59.1 Å². The van der Waals surface area contributed by atoms with Crippen molar-refractivity contribution in [2.75, 3.05) is 5.73 Å². The lowest BCUT2D eigenvalue weighted by Gasteiger charge is -2.13. The van der Waals surface area contributed by atoms with Gasteiger partial charge in [0.1, 0.15) is 17.3 Å². The highest BCUT2D eigenvalue weighted by Crippen LogP contribution is 2.42. The van der Waals surface area contributed by atoms with Gasteiger partial charge in [-0.15, -0.1) is 11.3 Å². The highest BCUT2D eigenvalue weighted by Gasteiger charge is 2.23. The molecule has 0 amide bonds. The van der Waals surface area contributed by atoms with Gasteiger partial charge in [0, 0.05) is 25.7 Å². The van der Waals surface area contributed by atoms with Crippen LogP contribution < -0.4 is 11.3 Å². The number of hydrogen-bond donors (Lipinski definition) is 2. The maximum Gasteiger partial charge on any atom is 0.269 e. The predicted molar refractivity (Wildman–Crippen MR) is 149 cm³/mol. The van der Waals surface area contributed by atoms with E-state index < -0.39 is 5.56 Å². The van der Waals surface area contributed by atoms with Gasteiger partial charge in [-0.2, -0.15) is 10.4 Å². The van der Waals surface area contributed by atoms with Gasteiger partial charge < -0.3 is 10.7 Å². The number of rotatable bonds is 2.